The van der Waals surface area contributed by atoms with Gasteiger partial charge in [-0.2, -0.15) is 0 Å². The zero-order valence-electron chi connectivity index (χ0n) is 8.09. The van der Waals surface area contributed by atoms with Crippen molar-refractivity contribution in [1.29, 1.82) is 0 Å². The molecule has 0 bridgehead atoms. The minimum atomic E-state index is -0.548. The zero-order valence-corrected chi connectivity index (χ0v) is 8.90. The van der Waals surface area contributed by atoms with Gasteiger partial charge in [0.1, 0.15) is 10.7 Å². The first-order valence-electron chi connectivity index (χ1n) is 4.66. The normalized spacial score (nSPS) is 16.9. The van der Waals surface area contributed by atoms with Gasteiger partial charge < -0.3 is 10.2 Å². The lowest BCUT2D eigenvalue weighted by molar-refractivity contribution is -0.402. The van der Waals surface area contributed by atoms with Gasteiger partial charge in [-0.3, -0.25) is 10.1 Å². The number of hydrogen-bond donors (Lipinski definition) is 1. The first-order chi connectivity index (χ1) is 6.66. The maximum atomic E-state index is 10.3. The summed E-state index contributed by atoms with van der Waals surface area (Å²) in [6.07, 6.45) is 3.30. The quantitative estimate of drug-likeness (QED) is 0.638. The molecule has 6 heteroatoms. The van der Waals surface area contributed by atoms with Gasteiger partial charge in [0, 0.05) is 0 Å². The van der Waals surface area contributed by atoms with E-state index in [-0.39, 0.29) is 24.3 Å². The Bertz CT molecular complexity index is 349. The molecule has 84 valence electrons. The number of hydrogen-bond acceptors (Lipinski definition) is 4. The van der Waals surface area contributed by atoms with Gasteiger partial charge in [-0.25, -0.2) is 0 Å². The van der Waals surface area contributed by atoms with E-state index in [2.05, 4.69) is 0 Å². The van der Waals surface area contributed by atoms with E-state index >= 15 is 0 Å². The first-order valence-corrected chi connectivity index (χ1v) is 4.66. The van der Waals surface area contributed by atoms with E-state index in [1.165, 1.54) is 18.9 Å². The Morgan fingerprint density at radius 1 is 1.60 bits per heavy atom. The summed E-state index contributed by atoms with van der Waals surface area (Å²) in [7, 11) is 0. The molecule has 0 spiro atoms. The molecule has 1 aromatic rings. The van der Waals surface area contributed by atoms with E-state index in [0.29, 0.717) is 11.7 Å². The predicted octanol–water partition coefficient (Wildman–Crippen LogP) is 2.41. The van der Waals surface area contributed by atoms with Crippen molar-refractivity contribution in [2.75, 3.05) is 0 Å². The second-order valence-corrected chi connectivity index (χ2v) is 3.72. The highest BCUT2D eigenvalue weighted by Gasteiger charge is 2.26. The van der Waals surface area contributed by atoms with Gasteiger partial charge in [0.15, 0.2) is 0 Å². The number of halogens is 1. The molecule has 0 aliphatic heterocycles. The van der Waals surface area contributed by atoms with Crippen molar-refractivity contribution in [2.24, 2.45) is 11.7 Å². The highest BCUT2D eigenvalue weighted by molar-refractivity contribution is 5.85. The van der Waals surface area contributed by atoms with Crippen LogP contribution in [0.3, 0.4) is 0 Å². The standard InChI is InChI=1S/C9H12N2O3.ClH/c10-7(5-6-1-2-6)8-3-4-9(14-8)11(12)13;/h3-4,6-7H,1-2,5,10H2;1H/t7-;/m1./s1. The van der Waals surface area contributed by atoms with Crippen molar-refractivity contribution in [3.05, 3.63) is 28.0 Å². The Balaban J connectivity index is 0.00000112. The van der Waals surface area contributed by atoms with Crippen LogP contribution in [0.15, 0.2) is 16.5 Å². The summed E-state index contributed by atoms with van der Waals surface area (Å²) in [5.41, 5.74) is 5.83. The molecule has 0 aromatic carbocycles. The fourth-order valence-corrected chi connectivity index (χ4v) is 1.47. The second-order valence-electron chi connectivity index (χ2n) is 3.72. The van der Waals surface area contributed by atoms with Crippen LogP contribution in [0.4, 0.5) is 5.88 Å². The lowest BCUT2D eigenvalue weighted by Crippen LogP contribution is -2.09. The molecule has 2 N–H and O–H groups in total. The van der Waals surface area contributed by atoms with Crippen molar-refractivity contribution < 1.29 is 9.34 Å². The molecule has 1 aliphatic rings. The molecule has 1 heterocycles. The number of rotatable bonds is 4. The molecule has 15 heavy (non-hydrogen) atoms. The van der Waals surface area contributed by atoms with Crippen molar-refractivity contribution in [3.63, 3.8) is 0 Å². The largest absolute Gasteiger partial charge is 0.433 e. The second kappa shape index (κ2) is 4.63. The Morgan fingerprint density at radius 3 is 2.73 bits per heavy atom. The lowest BCUT2D eigenvalue weighted by Gasteiger charge is -2.05. The molecule has 5 nitrogen and oxygen atoms in total. The van der Waals surface area contributed by atoms with Gasteiger partial charge in [-0.05, 0) is 18.4 Å². The fourth-order valence-electron chi connectivity index (χ4n) is 1.47. The molecule has 0 radical (unpaired) electrons. The molecule has 1 atom stereocenters. The summed E-state index contributed by atoms with van der Waals surface area (Å²) in [6, 6.07) is 2.74. The number of nitrogens with zero attached hydrogens (tertiary/aromatic N) is 1. The topological polar surface area (TPSA) is 82.3 Å². The van der Waals surface area contributed by atoms with Crippen LogP contribution in [0.2, 0.25) is 0 Å². The monoisotopic (exact) mass is 232 g/mol. The highest BCUT2D eigenvalue weighted by atomic mass is 35.5. The van der Waals surface area contributed by atoms with Crippen LogP contribution in [0.25, 0.3) is 0 Å². The molecule has 1 fully saturated rings. The molecule has 1 aliphatic carbocycles. The smallest absolute Gasteiger partial charge is 0.404 e. The maximum absolute atomic E-state index is 10.3. The number of furan rings is 1. The van der Waals surface area contributed by atoms with Crippen molar-refractivity contribution in [2.45, 2.75) is 25.3 Å². The third-order valence-electron chi connectivity index (χ3n) is 2.44. The van der Waals surface area contributed by atoms with E-state index in [0.717, 1.165) is 6.42 Å². The summed E-state index contributed by atoms with van der Waals surface area (Å²) in [5.74, 6) is 0.976. The van der Waals surface area contributed by atoms with E-state index in [1.54, 1.807) is 6.07 Å². The molecular formula is C9H13ClN2O3. The molecule has 1 aromatic heterocycles. The third-order valence-corrected chi connectivity index (χ3v) is 2.44. The minimum absolute atomic E-state index is 0. The van der Waals surface area contributed by atoms with Crippen LogP contribution >= 0.6 is 12.4 Å². The summed E-state index contributed by atoms with van der Waals surface area (Å²) in [4.78, 5) is 9.79. The van der Waals surface area contributed by atoms with E-state index in [4.69, 9.17) is 10.2 Å². The summed E-state index contributed by atoms with van der Waals surface area (Å²) < 4.78 is 5.01. The summed E-state index contributed by atoms with van der Waals surface area (Å²) in [5, 5.41) is 10.3. The number of nitro groups is 1. The van der Waals surface area contributed by atoms with Crippen LogP contribution in [0, 0.1) is 16.0 Å². The van der Waals surface area contributed by atoms with Gasteiger partial charge in [0.05, 0.1) is 12.1 Å². The van der Waals surface area contributed by atoms with E-state index in [1.807, 2.05) is 0 Å². The van der Waals surface area contributed by atoms with Crippen LogP contribution in [-0.2, 0) is 0 Å². The Labute approximate surface area is 93.2 Å². The summed E-state index contributed by atoms with van der Waals surface area (Å²) in [6.45, 7) is 0. The maximum Gasteiger partial charge on any atom is 0.433 e. The number of nitrogens with two attached hydrogens (primary N) is 1. The highest BCUT2D eigenvalue weighted by Crippen LogP contribution is 2.37. The SMILES string of the molecule is Cl.N[C@H](CC1CC1)c1ccc([N+](=O)[O-])o1. The molecule has 0 unspecified atom stereocenters. The lowest BCUT2D eigenvalue weighted by atomic mass is 10.1. The molecule has 2 rings (SSSR count). The van der Waals surface area contributed by atoms with Gasteiger partial charge in [0.25, 0.3) is 0 Å². The van der Waals surface area contributed by atoms with Gasteiger partial charge in [0.2, 0.25) is 0 Å². The minimum Gasteiger partial charge on any atom is -0.404 e. The van der Waals surface area contributed by atoms with E-state index < -0.39 is 4.92 Å². The molecule has 0 amide bonds. The van der Waals surface area contributed by atoms with Crippen LogP contribution in [-0.4, -0.2) is 4.92 Å². The van der Waals surface area contributed by atoms with E-state index in [9.17, 15) is 10.1 Å². The Morgan fingerprint density at radius 2 is 2.27 bits per heavy atom. The van der Waals surface area contributed by atoms with Crippen LogP contribution < -0.4 is 5.73 Å². The average molecular weight is 233 g/mol. The zero-order chi connectivity index (χ0) is 10.1. The van der Waals surface area contributed by atoms with Gasteiger partial charge in [-0.15, -0.1) is 12.4 Å². The first kappa shape index (κ1) is 12.0. The van der Waals surface area contributed by atoms with Crippen molar-refractivity contribution in [1.82, 2.24) is 0 Å². The molecule has 1 saturated carbocycles. The Hall–Kier alpha value is -1.07. The van der Waals surface area contributed by atoms with Gasteiger partial charge >= 0.3 is 5.88 Å². The van der Waals surface area contributed by atoms with Crippen molar-refractivity contribution in [3.8, 4) is 0 Å². The van der Waals surface area contributed by atoms with Crippen LogP contribution in [0.5, 0.6) is 0 Å². The average Bonchev–Trinajstić information content (AvgIpc) is 2.81. The van der Waals surface area contributed by atoms with Crippen molar-refractivity contribution >= 4 is 18.3 Å². The fraction of sp³-hybridized carbons (Fsp3) is 0.556. The Kier molecular flexibility index (Phi) is 3.71. The molecular weight excluding hydrogens is 220 g/mol. The third kappa shape index (κ3) is 2.94. The van der Waals surface area contributed by atoms with Gasteiger partial charge in [-0.1, -0.05) is 12.8 Å². The predicted molar refractivity (Wildman–Crippen MR) is 56.9 cm³/mol. The van der Waals surface area contributed by atoms with Crippen LogP contribution in [0.1, 0.15) is 31.1 Å². The molecule has 0 saturated heterocycles. The summed E-state index contributed by atoms with van der Waals surface area (Å²) >= 11 is 0.